The van der Waals surface area contributed by atoms with Crippen LogP contribution in [0.4, 0.5) is 0 Å². The molecule has 2 heteroatoms. The van der Waals surface area contributed by atoms with Crippen LogP contribution in [0.25, 0.3) is 0 Å². The summed E-state index contributed by atoms with van der Waals surface area (Å²) in [5, 5.41) is 0. The summed E-state index contributed by atoms with van der Waals surface area (Å²) in [6, 6.07) is 10.4. The van der Waals surface area contributed by atoms with Gasteiger partial charge < -0.3 is 9.47 Å². The molecule has 1 saturated heterocycles. The van der Waals surface area contributed by atoms with Crippen molar-refractivity contribution >= 4 is 0 Å². The molecule has 0 bridgehead atoms. The molecule has 1 heterocycles. The van der Waals surface area contributed by atoms with Gasteiger partial charge in [-0.15, -0.1) is 0 Å². The summed E-state index contributed by atoms with van der Waals surface area (Å²) in [6.45, 7) is 8.26. The van der Waals surface area contributed by atoms with Crippen molar-refractivity contribution in [2.75, 3.05) is 0 Å². The molecule has 0 unspecified atom stereocenters. The third-order valence-corrected chi connectivity index (χ3v) is 3.50. The first-order valence-corrected chi connectivity index (χ1v) is 6.42. The van der Waals surface area contributed by atoms with Gasteiger partial charge in [0.25, 0.3) is 0 Å². The van der Waals surface area contributed by atoms with Crippen LogP contribution in [0, 0.1) is 6.92 Å². The van der Waals surface area contributed by atoms with E-state index in [1.807, 2.05) is 6.07 Å². The predicted octanol–water partition coefficient (Wildman–Crippen LogP) is 3.36. The van der Waals surface area contributed by atoms with Gasteiger partial charge in [-0.2, -0.15) is 0 Å². The number of hydrogen-bond acceptors (Lipinski definition) is 2. The fourth-order valence-electron chi connectivity index (χ4n) is 2.33. The second-order valence-electron chi connectivity index (χ2n) is 4.62. The smallest absolute Gasteiger partial charge is 0.168 e. The molecule has 2 nitrogen and oxygen atoms in total. The van der Waals surface area contributed by atoms with Gasteiger partial charge in [-0.1, -0.05) is 44.2 Å². The number of hydrogen-bond donors (Lipinski definition) is 0. The molecule has 1 fully saturated rings. The van der Waals surface area contributed by atoms with Crippen molar-refractivity contribution in [2.24, 2.45) is 0 Å². The maximum Gasteiger partial charge on any atom is 0.168 e. The molecule has 0 saturated carbocycles. The van der Waals surface area contributed by atoms with Gasteiger partial charge in [0.2, 0.25) is 0 Å². The lowest BCUT2D eigenvalue weighted by atomic mass is 10.1. The van der Waals surface area contributed by atoms with E-state index in [1.165, 1.54) is 5.56 Å². The molecule has 1 aromatic rings. The predicted molar refractivity (Wildman–Crippen MR) is 68.6 cm³/mol. The van der Waals surface area contributed by atoms with E-state index in [9.17, 15) is 0 Å². The van der Waals surface area contributed by atoms with E-state index in [2.05, 4.69) is 45.0 Å². The van der Waals surface area contributed by atoms with E-state index in [-0.39, 0.29) is 12.2 Å². The summed E-state index contributed by atoms with van der Waals surface area (Å²) in [5.74, 6) is -0.411. The molecule has 2 atom stereocenters. The molecule has 1 aromatic carbocycles. The number of benzene rings is 1. The molecule has 1 aliphatic rings. The molecular formula is C15H21O2. The van der Waals surface area contributed by atoms with Crippen molar-refractivity contribution in [3.8, 4) is 0 Å². The Morgan fingerprint density at radius 2 is 1.76 bits per heavy atom. The second kappa shape index (κ2) is 5.19. The van der Waals surface area contributed by atoms with E-state index < -0.39 is 5.79 Å². The van der Waals surface area contributed by atoms with Crippen molar-refractivity contribution in [1.82, 2.24) is 0 Å². The van der Waals surface area contributed by atoms with Crippen molar-refractivity contribution in [3.05, 3.63) is 42.8 Å². The summed E-state index contributed by atoms with van der Waals surface area (Å²) < 4.78 is 12.0. The van der Waals surface area contributed by atoms with Crippen LogP contribution in [0.15, 0.2) is 30.3 Å². The Hall–Kier alpha value is -0.860. The normalized spacial score (nSPS) is 27.2. The van der Waals surface area contributed by atoms with Gasteiger partial charge in [0, 0.05) is 6.42 Å². The van der Waals surface area contributed by atoms with Gasteiger partial charge in [-0.3, -0.25) is 0 Å². The summed E-state index contributed by atoms with van der Waals surface area (Å²) in [7, 11) is 0. The molecule has 1 aliphatic heterocycles. The first kappa shape index (κ1) is 12.6. The van der Waals surface area contributed by atoms with Gasteiger partial charge in [-0.25, -0.2) is 0 Å². The van der Waals surface area contributed by atoms with E-state index in [0.717, 1.165) is 19.3 Å². The van der Waals surface area contributed by atoms with Crippen LogP contribution in [-0.2, 0) is 15.9 Å². The van der Waals surface area contributed by atoms with Crippen molar-refractivity contribution in [2.45, 2.75) is 51.1 Å². The summed E-state index contributed by atoms with van der Waals surface area (Å²) in [5.41, 5.74) is 1.28. The average Bonchev–Trinajstić information content (AvgIpc) is 2.68. The number of rotatable bonds is 4. The van der Waals surface area contributed by atoms with Gasteiger partial charge in [0.05, 0.1) is 12.2 Å². The lowest BCUT2D eigenvalue weighted by Crippen LogP contribution is -2.29. The fourth-order valence-corrected chi connectivity index (χ4v) is 2.33. The Morgan fingerprint density at radius 1 is 1.12 bits per heavy atom. The highest BCUT2D eigenvalue weighted by Crippen LogP contribution is 2.35. The fraction of sp³-hybridized carbons (Fsp3) is 0.533. The third kappa shape index (κ3) is 2.70. The average molecular weight is 233 g/mol. The van der Waals surface area contributed by atoms with Crippen LogP contribution >= 0.6 is 0 Å². The van der Waals surface area contributed by atoms with E-state index >= 15 is 0 Å². The molecule has 0 aromatic heterocycles. The highest BCUT2D eigenvalue weighted by molar-refractivity contribution is 5.16. The molecule has 1 radical (unpaired) electrons. The molecule has 93 valence electrons. The lowest BCUT2D eigenvalue weighted by Gasteiger charge is -2.25. The van der Waals surface area contributed by atoms with E-state index in [4.69, 9.17) is 9.47 Å². The molecule has 0 spiro atoms. The Kier molecular flexibility index (Phi) is 3.85. The topological polar surface area (TPSA) is 18.5 Å². The standard InChI is InChI=1S/C15H21O2/c1-4-15(5-2)16-12(3)14(17-15)11-13-9-7-6-8-10-13/h6-10,12,14H,3-5,11H2,1-2H3/t12-,14-/m1/s1. The van der Waals surface area contributed by atoms with Crippen LogP contribution in [0.2, 0.25) is 0 Å². The zero-order chi connectivity index (χ0) is 12.3. The summed E-state index contributed by atoms with van der Waals surface area (Å²) in [6.07, 6.45) is 2.62. The minimum atomic E-state index is -0.411. The molecule has 0 amide bonds. The first-order chi connectivity index (χ1) is 8.19. The molecule has 0 N–H and O–H groups in total. The van der Waals surface area contributed by atoms with Crippen LogP contribution < -0.4 is 0 Å². The Labute approximate surface area is 104 Å². The highest BCUT2D eigenvalue weighted by atomic mass is 16.8. The Morgan fingerprint density at radius 3 is 2.29 bits per heavy atom. The Balaban J connectivity index is 2.04. The van der Waals surface area contributed by atoms with Gasteiger partial charge in [0.15, 0.2) is 5.79 Å². The monoisotopic (exact) mass is 233 g/mol. The maximum atomic E-state index is 6.08. The maximum absolute atomic E-state index is 6.08. The van der Waals surface area contributed by atoms with Crippen molar-refractivity contribution in [3.63, 3.8) is 0 Å². The highest BCUT2D eigenvalue weighted by Gasteiger charge is 2.42. The largest absolute Gasteiger partial charge is 0.344 e. The van der Waals surface area contributed by atoms with Crippen LogP contribution in [0.1, 0.15) is 32.3 Å². The number of ether oxygens (including phenoxy) is 2. The minimum Gasteiger partial charge on any atom is -0.344 e. The van der Waals surface area contributed by atoms with Crippen LogP contribution in [0.3, 0.4) is 0 Å². The molecular weight excluding hydrogens is 212 g/mol. The SMILES string of the molecule is [CH2][C@H]1OC(CC)(CC)O[C@@H]1Cc1ccccc1. The molecule has 0 aliphatic carbocycles. The quantitative estimate of drug-likeness (QED) is 0.794. The summed E-state index contributed by atoms with van der Waals surface area (Å²) >= 11 is 0. The lowest BCUT2D eigenvalue weighted by molar-refractivity contribution is -0.176. The van der Waals surface area contributed by atoms with E-state index in [0.29, 0.717) is 0 Å². The summed E-state index contributed by atoms with van der Waals surface area (Å²) in [4.78, 5) is 0. The van der Waals surface area contributed by atoms with E-state index in [1.54, 1.807) is 0 Å². The van der Waals surface area contributed by atoms with Crippen LogP contribution in [0.5, 0.6) is 0 Å². The minimum absolute atomic E-state index is 0.0669. The van der Waals surface area contributed by atoms with Gasteiger partial charge >= 0.3 is 0 Å². The van der Waals surface area contributed by atoms with Crippen molar-refractivity contribution < 1.29 is 9.47 Å². The second-order valence-corrected chi connectivity index (χ2v) is 4.62. The third-order valence-electron chi connectivity index (χ3n) is 3.50. The van der Waals surface area contributed by atoms with Gasteiger partial charge in [-0.05, 0) is 25.3 Å². The van der Waals surface area contributed by atoms with Gasteiger partial charge in [0.1, 0.15) is 0 Å². The van der Waals surface area contributed by atoms with Crippen LogP contribution in [-0.4, -0.2) is 18.0 Å². The van der Waals surface area contributed by atoms with Crippen molar-refractivity contribution in [1.29, 1.82) is 0 Å². The zero-order valence-corrected chi connectivity index (χ0v) is 10.7. The molecule has 17 heavy (non-hydrogen) atoms. The molecule has 2 rings (SSSR count). The first-order valence-electron chi connectivity index (χ1n) is 6.42. The zero-order valence-electron chi connectivity index (χ0n) is 10.7. The Bertz CT molecular complexity index is 343.